The van der Waals surface area contributed by atoms with E-state index < -0.39 is 11.8 Å². The minimum atomic E-state index is -0.547. The summed E-state index contributed by atoms with van der Waals surface area (Å²) in [5, 5.41) is 0.311. The van der Waals surface area contributed by atoms with E-state index in [1.165, 1.54) is 21.9 Å². The van der Waals surface area contributed by atoms with Gasteiger partial charge in [0.05, 0.1) is 16.4 Å². The molecule has 8 heteroatoms. The number of rotatable bonds is 6. The molecule has 1 fully saturated rings. The highest BCUT2D eigenvalue weighted by Gasteiger charge is 2.41. The zero-order valence-electron chi connectivity index (χ0n) is 19.9. The number of benzene rings is 4. The Morgan fingerprint density at radius 2 is 1.34 bits per heavy atom. The van der Waals surface area contributed by atoms with Crippen molar-refractivity contribution in [2.24, 2.45) is 0 Å². The summed E-state index contributed by atoms with van der Waals surface area (Å²) in [5.74, 6) is -1.12. The van der Waals surface area contributed by atoms with Crippen molar-refractivity contribution >= 4 is 58.2 Å². The highest BCUT2D eigenvalue weighted by Crippen LogP contribution is 2.32. The molecule has 4 aromatic rings. The Hall–Kier alpha value is -4.33. The number of nitrogens with zero attached hydrogens (tertiary/aromatic N) is 2. The van der Waals surface area contributed by atoms with Gasteiger partial charge in [0.25, 0.3) is 11.8 Å². The molecule has 5 rings (SSSR count). The Kier molecular flexibility index (Phi) is 7.31. The van der Waals surface area contributed by atoms with Gasteiger partial charge in [-0.05, 0) is 66.3 Å². The molecule has 0 aromatic heterocycles. The van der Waals surface area contributed by atoms with Crippen LogP contribution in [0.1, 0.15) is 11.1 Å². The molecule has 0 bridgehead atoms. The van der Waals surface area contributed by atoms with Gasteiger partial charge >= 0.3 is 0 Å². The molecular weight excluding hydrogens is 523 g/mol. The van der Waals surface area contributed by atoms with E-state index in [1.54, 1.807) is 84.9 Å². The van der Waals surface area contributed by atoms with Crippen LogP contribution >= 0.6 is 23.8 Å². The Bertz CT molecular complexity index is 1500. The minimum absolute atomic E-state index is 0.000677. The van der Waals surface area contributed by atoms with Crippen LogP contribution in [-0.2, 0) is 16.2 Å². The van der Waals surface area contributed by atoms with Gasteiger partial charge in [0, 0.05) is 5.56 Å². The summed E-state index contributed by atoms with van der Waals surface area (Å²) in [6.45, 7) is -0.000677. The monoisotopic (exact) mass is 542 g/mol. The molecule has 0 unspecified atom stereocenters. The molecule has 0 N–H and O–H groups in total. The van der Waals surface area contributed by atoms with Crippen molar-refractivity contribution < 1.29 is 18.7 Å². The molecule has 1 aliphatic heterocycles. The molecule has 1 heterocycles. The average molecular weight is 543 g/mol. The maximum absolute atomic E-state index is 13.9. The first-order chi connectivity index (χ1) is 18.4. The maximum atomic E-state index is 13.9. The van der Waals surface area contributed by atoms with E-state index in [-0.39, 0.29) is 28.1 Å². The molecule has 5 nitrogen and oxygen atoms in total. The average Bonchev–Trinajstić information content (AvgIpc) is 2.93. The van der Waals surface area contributed by atoms with Crippen molar-refractivity contribution in [3.05, 3.63) is 131 Å². The molecular formula is C30H20ClFN2O3S. The van der Waals surface area contributed by atoms with Crippen molar-refractivity contribution in [3.63, 3.8) is 0 Å². The number of halogens is 2. The Morgan fingerprint density at radius 3 is 1.89 bits per heavy atom. The summed E-state index contributed by atoms with van der Waals surface area (Å²) < 4.78 is 19.6. The Morgan fingerprint density at radius 1 is 0.789 bits per heavy atom. The number of carbonyl (C=O) groups is 2. The second kappa shape index (κ2) is 11.0. The van der Waals surface area contributed by atoms with Crippen molar-refractivity contribution in [1.82, 2.24) is 0 Å². The molecule has 188 valence electrons. The zero-order valence-corrected chi connectivity index (χ0v) is 21.5. The number of anilines is 2. The van der Waals surface area contributed by atoms with Gasteiger partial charge in [-0.2, -0.15) is 0 Å². The van der Waals surface area contributed by atoms with Crippen molar-refractivity contribution in [1.29, 1.82) is 0 Å². The number of thiocarbonyl (C=S) groups is 1. The second-order valence-electron chi connectivity index (χ2n) is 8.36. The number of ether oxygens (including phenoxy) is 1. The van der Waals surface area contributed by atoms with Gasteiger partial charge < -0.3 is 4.74 Å². The van der Waals surface area contributed by atoms with Crippen LogP contribution in [0.3, 0.4) is 0 Å². The van der Waals surface area contributed by atoms with E-state index >= 15 is 0 Å². The van der Waals surface area contributed by atoms with Crippen LogP contribution in [0, 0.1) is 5.82 Å². The summed E-state index contributed by atoms with van der Waals surface area (Å²) in [6, 6.07) is 29.0. The summed E-state index contributed by atoms with van der Waals surface area (Å²) in [4.78, 5) is 29.9. The molecule has 0 radical (unpaired) electrons. The van der Waals surface area contributed by atoms with Crippen LogP contribution in [0.4, 0.5) is 15.8 Å². The lowest BCUT2D eigenvalue weighted by Crippen LogP contribution is -2.56. The fourth-order valence-corrected chi connectivity index (χ4v) is 4.62. The van der Waals surface area contributed by atoms with E-state index in [1.807, 2.05) is 12.1 Å². The molecule has 4 aromatic carbocycles. The topological polar surface area (TPSA) is 49.9 Å². The van der Waals surface area contributed by atoms with Gasteiger partial charge in [0.1, 0.15) is 23.7 Å². The van der Waals surface area contributed by atoms with Gasteiger partial charge in [0.15, 0.2) is 5.11 Å². The fraction of sp³-hybridized carbons (Fsp3) is 0.0333. The predicted molar refractivity (Wildman–Crippen MR) is 151 cm³/mol. The number of para-hydroxylation sites is 2. The van der Waals surface area contributed by atoms with Gasteiger partial charge in [-0.1, -0.05) is 72.3 Å². The first kappa shape index (κ1) is 25.3. The van der Waals surface area contributed by atoms with Crippen LogP contribution in [0.2, 0.25) is 5.02 Å². The van der Waals surface area contributed by atoms with Gasteiger partial charge in [0.2, 0.25) is 0 Å². The van der Waals surface area contributed by atoms with Crippen LogP contribution in [-0.4, -0.2) is 16.9 Å². The molecule has 1 saturated heterocycles. The Balaban J connectivity index is 1.49. The lowest BCUT2D eigenvalue weighted by molar-refractivity contribution is -0.120. The smallest absolute Gasteiger partial charge is 0.270 e. The fourth-order valence-electron chi connectivity index (χ4n) is 4.00. The molecule has 2 amide bonds. The first-order valence-electron chi connectivity index (χ1n) is 11.6. The second-order valence-corrected chi connectivity index (χ2v) is 9.14. The lowest BCUT2D eigenvalue weighted by Gasteiger charge is -2.36. The molecule has 0 saturated carbocycles. The lowest BCUT2D eigenvalue weighted by atomic mass is 10.0. The van der Waals surface area contributed by atoms with E-state index in [0.29, 0.717) is 28.3 Å². The standard InChI is InChI=1S/C30H20ClFN2O3S/c31-25-18-20(15-16-27(25)37-19-21-9-7-8-14-26(21)32)17-24-28(35)33(22-10-3-1-4-11-22)30(38)34(29(24)36)23-12-5-2-6-13-23/h1-18H,19H2. The van der Waals surface area contributed by atoms with Crippen LogP contribution < -0.4 is 14.5 Å². The minimum Gasteiger partial charge on any atom is -0.487 e. The van der Waals surface area contributed by atoms with Crippen molar-refractivity contribution in [3.8, 4) is 5.75 Å². The quantitative estimate of drug-likeness (QED) is 0.153. The summed E-state index contributed by atoms with van der Waals surface area (Å²) in [6.07, 6.45) is 1.48. The molecule has 0 aliphatic carbocycles. The van der Waals surface area contributed by atoms with Crippen molar-refractivity contribution in [2.75, 3.05) is 9.80 Å². The SMILES string of the molecule is O=C1C(=Cc2ccc(OCc3ccccc3F)c(Cl)c2)C(=O)N(c2ccccc2)C(=S)N1c1ccccc1. The highest BCUT2D eigenvalue weighted by atomic mass is 35.5. The summed E-state index contributed by atoms with van der Waals surface area (Å²) in [7, 11) is 0. The van der Waals surface area contributed by atoms with Crippen molar-refractivity contribution in [2.45, 2.75) is 6.61 Å². The van der Waals surface area contributed by atoms with E-state index in [4.69, 9.17) is 28.6 Å². The molecule has 0 spiro atoms. The zero-order chi connectivity index (χ0) is 26.6. The normalized spacial score (nSPS) is 13.6. The molecule has 0 atom stereocenters. The summed E-state index contributed by atoms with van der Waals surface area (Å²) >= 11 is 12.1. The van der Waals surface area contributed by atoms with Gasteiger partial charge in [-0.3, -0.25) is 19.4 Å². The molecule has 38 heavy (non-hydrogen) atoms. The number of carbonyl (C=O) groups excluding carboxylic acids is 2. The van der Waals surface area contributed by atoms with E-state index in [9.17, 15) is 14.0 Å². The maximum Gasteiger partial charge on any atom is 0.270 e. The summed E-state index contributed by atoms with van der Waals surface area (Å²) in [5.41, 5.74) is 1.90. The van der Waals surface area contributed by atoms with Crippen LogP contribution in [0.15, 0.2) is 109 Å². The third-order valence-electron chi connectivity index (χ3n) is 5.89. The first-order valence-corrected chi connectivity index (χ1v) is 12.4. The van der Waals surface area contributed by atoms with Crippen LogP contribution in [0.5, 0.6) is 5.75 Å². The number of hydrogen-bond donors (Lipinski definition) is 0. The van der Waals surface area contributed by atoms with Gasteiger partial charge in [-0.25, -0.2) is 4.39 Å². The number of amides is 2. The largest absolute Gasteiger partial charge is 0.487 e. The Labute approximate surface area is 229 Å². The third-order valence-corrected chi connectivity index (χ3v) is 6.55. The van der Waals surface area contributed by atoms with Crippen LogP contribution in [0.25, 0.3) is 6.08 Å². The van der Waals surface area contributed by atoms with E-state index in [0.717, 1.165) is 0 Å². The van der Waals surface area contributed by atoms with Gasteiger partial charge in [-0.15, -0.1) is 0 Å². The highest BCUT2D eigenvalue weighted by molar-refractivity contribution is 7.81. The number of hydrogen-bond acceptors (Lipinski definition) is 4. The third kappa shape index (κ3) is 5.07. The predicted octanol–water partition coefficient (Wildman–Crippen LogP) is 6.81. The molecule has 1 aliphatic rings. The van der Waals surface area contributed by atoms with E-state index in [2.05, 4.69) is 0 Å².